The number of nitriles is 3. The van der Waals surface area contributed by atoms with Gasteiger partial charge in [0.1, 0.15) is 0 Å². The lowest BCUT2D eigenvalue weighted by molar-refractivity contribution is 1.18. The highest BCUT2D eigenvalue weighted by Gasteiger charge is 2.20. The fourth-order valence-electron chi connectivity index (χ4n) is 7.47. The molecule has 0 fully saturated rings. The van der Waals surface area contributed by atoms with E-state index in [2.05, 4.69) is 124 Å². The van der Waals surface area contributed by atoms with Crippen molar-refractivity contribution in [1.29, 1.82) is 15.8 Å². The Bertz CT molecular complexity index is 2830. The van der Waals surface area contributed by atoms with E-state index < -0.39 is 0 Å². The molecule has 0 bridgehead atoms. The van der Waals surface area contributed by atoms with Gasteiger partial charge in [-0.05, 0) is 83.9 Å². The molecule has 0 atom stereocenters. The van der Waals surface area contributed by atoms with Crippen molar-refractivity contribution < 1.29 is 0 Å². The first-order valence-electron chi connectivity index (χ1n) is 16.3. The van der Waals surface area contributed by atoms with Gasteiger partial charge in [0.2, 0.25) is 0 Å². The van der Waals surface area contributed by atoms with E-state index in [1.807, 2.05) is 54.6 Å². The molecular weight excluding hydrogens is 611 g/mol. The van der Waals surface area contributed by atoms with Crippen molar-refractivity contribution in [3.05, 3.63) is 168 Å². The summed E-state index contributed by atoms with van der Waals surface area (Å²) in [6.45, 7) is 0. The van der Waals surface area contributed by atoms with E-state index in [1.54, 1.807) is 0 Å². The Morgan fingerprint density at radius 3 is 1.54 bits per heavy atom. The van der Waals surface area contributed by atoms with Crippen LogP contribution in [-0.2, 0) is 0 Å². The predicted octanol–water partition coefficient (Wildman–Crippen LogP) is 10.8. The van der Waals surface area contributed by atoms with Crippen molar-refractivity contribution in [3.63, 3.8) is 0 Å². The van der Waals surface area contributed by atoms with Gasteiger partial charge in [-0.15, -0.1) is 0 Å². The molecule has 2 aromatic heterocycles. The van der Waals surface area contributed by atoms with Crippen LogP contribution in [0.15, 0.2) is 152 Å². The molecule has 0 N–H and O–H groups in total. The summed E-state index contributed by atoms with van der Waals surface area (Å²) < 4.78 is 4.47. The van der Waals surface area contributed by atoms with Gasteiger partial charge in [-0.1, -0.05) is 78.9 Å². The fourth-order valence-corrected chi connectivity index (χ4v) is 7.47. The number of rotatable bonds is 4. The predicted molar refractivity (Wildman–Crippen MR) is 200 cm³/mol. The summed E-state index contributed by atoms with van der Waals surface area (Å²) in [5, 5.41) is 33.9. The van der Waals surface area contributed by atoms with Crippen LogP contribution in [0.25, 0.3) is 77.2 Å². The molecule has 0 aliphatic rings. The Balaban J connectivity index is 1.24. The first-order valence-corrected chi connectivity index (χ1v) is 16.3. The summed E-state index contributed by atoms with van der Waals surface area (Å²) in [5.41, 5.74) is 11.6. The van der Waals surface area contributed by atoms with Gasteiger partial charge in [0.15, 0.2) is 0 Å². The summed E-state index contributed by atoms with van der Waals surface area (Å²) in [5.74, 6) is 0. The van der Waals surface area contributed by atoms with Gasteiger partial charge in [0.05, 0.1) is 62.7 Å². The van der Waals surface area contributed by atoms with Crippen molar-refractivity contribution >= 4 is 43.6 Å². The van der Waals surface area contributed by atoms with Gasteiger partial charge in [0, 0.05) is 38.4 Å². The summed E-state index contributed by atoms with van der Waals surface area (Å²) >= 11 is 0. The molecule has 0 amide bonds. The lowest BCUT2D eigenvalue weighted by Crippen LogP contribution is -1.99. The maximum Gasteiger partial charge on any atom is 0.0998 e. The van der Waals surface area contributed by atoms with Gasteiger partial charge in [-0.3, -0.25) is 0 Å². The van der Waals surface area contributed by atoms with E-state index in [0.29, 0.717) is 16.7 Å². The van der Waals surface area contributed by atoms with E-state index in [9.17, 15) is 15.8 Å². The van der Waals surface area contributed by atoms with Crippen LogP contribution in [0.3, 0.4) is 0 Å². The molecule has 50 heavy (non-hydrogen) atoms. The normalized spacial score (nSPS) is 11.1. The van der Waals surface area contributed by atoms with E-state index in [4.69, 9.17) is 0 Å². The SMILES string of the molecule is N#Cc1ccc2c(c1)c1cc(C#N)ccc1n2-c1ccc(-c2cccc(C#N)c2-c2ccccc2-n2c3ccccc3c3ccccc32)cc1. The first-order chi connectivity index (χ1) is 24.7. The van der Waals surface area contributed by atoms with E-state index >= 15 is 0 Å². The van der Waals surface area contributed by atoms with Gasteiger partial charge in [-0.2, -0.15) is 15.8 Å². The summed E-state index contributed by atoms with van der Waals surface area (Å²) in [6.07, 6.45) is 0. The lowest BCUT2D eigenvalue weighted by atomic mass is 9.89. The van der Waals surface area contributed by atoms with Crippen molar-refractivity contribution in [1.82, 2.24) is 9.13 Å². The van der Waals surface area contributed by atoms with Gasteiger partial charge in [0.25, 0.3) is 0 Å². The Morgan fingerprint density at radius 2 is 0.940 bits per heavy atom. The second-order valence-corrected chi connectivity index (χ2v) is 12.3. The zero-order chi connectivity index (χ0) is 33.8. The van der Waals surface area contributed by atoms with E-state index in [0.717, 1.165) is 66.5 Å². The molecule has 5 heteroatoms. The average Bonchev–Trinajstić information content (AvgIpc) is 3.69. The number of aromatic nitrogens is 2. The fraction of sp³-hybridized carbons (Fsp3) is 0. The molecule has 0 saturated carbocycles. The second kappa shape index (κ2) is 11.4. The quantitative estimate of drug-likeness (QED) is 0.193. The zero-order valence-electron chi connectivity index (χ0n) is 26.7. The molecule has 5 nitrogen and oxygen atoms in total. The number of hydrogen-bond acceptors (Lipinski definition) is 3. The molecule has 0 unspecified atom stereocenters. The summed E-state index contributed by atoms with van der Waals surface area (Å²) in [4.78, 5) is 0. The topological polar surface area (TPSA) is 81.2 Å². The van der Waals surface area contributed by atoms with Crippen LogP contribution in [0.4, 0.5) is 0 Å². The minimum atomic E-state index is 0.570. The number of fused-ring (bicyclic) bond motifs is 6. The largest absolute Gasteiger partial charge is 0.309 e. The average molecular weight is 636 g/mol. The molecule has 2 heterocycles. The van der Waals surface area contributed by atoms with Crippen LogP contribution in [0.2, 0.25) is 0 Å². The third-order valence-corrected chi connectivity index (χ3v) is 9.64. The molecule has 9 rings (SSSR count). The second-order valence-electron chi connectivity index (χ2n) is 12.3. The van der Waals surface area contributed by atoms with Crippen LogP contribution in [0, 0.1) is 34.0 Å². The zero-order valence-corrected chi connectivity index (χ0v) is 26.7. The third kappa shape index (κ3) is 4.31. The Hall–Kier alpha value is -7.39. The number of benzene rings is 7. The maximum absolute atomic E-state index is 10.5. The van der Waals surface area contributed by atoms with Crippen LogP contribution in [0.5, 0.6) is 0 Å². The minimum Gasteiger partial charge on any atom is -0.309 e. The third-order valence-electron chi connectivity index (χ3n) is 9.64. The lowest BCUT2D eigenvalue weighted by Gasteiger charge is -2.18. The van der Waals surface area contributed by atoms with Crippen LogP contribution >= 0.6 is 0 Å². The molecule has 9 aromatic rings. The number of nitrogens with zero attached hydrogens (tertiary/aromatic N) is 5. The van der Waals surface area contributed by atoms with Gasteiger partial charge >= 0.3 is 0 Å². The van der Waals surface area contributed by atoms with Crippen LogP contribution in [-0.4, -0.2) is 9.13 Å². The van der Waals surface area contributed by atoms with Crippen LogP contribution in [0.1, 0.15) is 16.7 Å². The summed E-state index contributed by atoms with van der Waals surface area (Å²) in [6, 6.07) is 57.9. The maximum atomic E-state index is 10.5. The Morgan fingerprint density at radius 1 is 0.400 bits per heavy atom. The van der Waals surface area contributed by atoms with Crippen molar-refractivity contribution in [2.45, 2.75) is 0 Å². The Kier molecular flexibility index (Phi) is 6.56. The highest BCUT2D eigenvalue weighted by atomic mass is 15.0. The molecular formula is C45H25N5. The molecule has 7 aromatic carbocycles. The van der Waals surface area contributed by atoms with Crippen molar-refractivity contribution in [2.24, 2.45) is 0 Å². The van der Waals surface area contributed by atoms with Crippen molar-refractivity contribution in [2.75, 3.05) is 0 Å². The minimum absolute atomic E-state index is 0.570. The number of para-hydroxylation sites is 3. The highest BCUT2D eigenvalue weighted by Crippen LogP contribution is 2.42. The molecule has 0 saturated heterocycles. The smallest absolute Gasteiger partial charge is 0.0998 e. The molecule has 0 radical (unpaired) electrons. The molecule has 230 valence electrons. The van der Waals surface area contributed by atoms with E-state index in [-0.39, 0.29) is 0 Å². The Labute approximate surface area is 287 Å². The monoisotopic (exact) mass is 635 g/mol. The summed E-state index contributed by atoms with van der Waals surface area (Å²) in [7, 11) is 0. The van der Waals surface area contributed by atoms with Crippen molar-refractivity contribution in [3.8, 4) is 51.8 Å². The molecule has 0 spiro atoms. The standard InChI is InChI=1S/C45H25N5/c46-26-29-16-22-43-38(24-29)39-25-30(27-47)17-23-44(39)49(43)33-20-18-31(19-21-33)34-12-7-8-32(28-48)45(34)37-11-3-6-15-42(37)50-40-13-4-1-9-35(40)36-10-2-5-14-41(36)50/h1-25H. The van der Waals surface area contributed by atoms with Gasteiger partial charge < -0.3 is 9.13 Å². The van der Waals surface area contributed by atoms with Gasteiger partial charge in [-0.25, -0.2) is 0 Å². The molecule has 0 aliphatic carbocycles. The van der Waals surface area contributed by atoms with Crippen LogP contribution < -0.4 is 0 Å². The highest BCUT2D eigenvalue weighted by molar-refractivity contribution is 6.11. The molecule has 0 aliphatic heterocycles. The van der Waals surface area contributed by atoms with E-state index in [1.165, 1.54) is 10.8 Å². The number of hydrogen-bond donors (Lipinski definition) is 0. The first kappa shape index (κ1) is 28.8.